The van der Waals surface area contributed by atoms with Crippen molar-refractivity contribution in [2.24, 2.45) is 7.05 Å². The van der Waals surface area contributed by atoms with Crippen molar-refractivity contribution in [2.45, 2.75) is 0 Å². The first kappa shape index (κ1) is 10.8. The smallest absolute Gasteiger partial charge is 0.252 e. The summed E-state index contributed by atoms with van der Waals surface area (Å²) in [6, 6.07) is 3.98. The maximum atomic E-state index is 13.6. The van der Waals surface area contributed by atoms with Gasteiger partial charge in [0.1, 0.15) is 11.5 Å². The minimum Gasteiger partial charge on any atom is -0.276 e. The molecule has 1 aromatic carbocycles. The van der Waals surface area contributed by atoms with Crippen LogP contribution in [0.3, 0.4) is 0 Å². The lowest BCUT2D eigenvalue weighted by molar-refractivity contribution is 0.108. The summed E-state index contributed by atoms with van der Waals surface area (Å²) >= 11 is 5.24. The van der Waals surface area contributed by atoms with E-state index in [0.29, 0.717) is 5.69 Å². The number of benzene rings is 1. The van der Waals surface area contributed by atoms with Crippen molar-refractivity contribution in [2.75, 3.05) is 0 Å². The molecule has 2 aromatic rings. The molecule has 0 saturated carbocycles. The van der Waals surface area contributed by atoms with E-state index in [9.17, 15) is 9.18 Å². The molecule has 0 unspecified atom stereocenters. The maximum Gasteiger partial charge on any atom is 0.252 e. The summed E-state index contributed by atoms with van der Waals surface area (Å²) < 4.78 is 15.1. The first-order chi connectivity index (χ1) is 7.58. The van der Waals surface area contributed by atoms with E-state index in [1.165, 1.54) is 16.8 Å². The standard InChI is InChI=1S/C10H7ClFN3O/c1-15-5-9(13-14-15)7-3-2-6(10(11)16)4-8(7)12/h2-5H,1H3. The van der Waals surface area contributed by atoms with Crippen molar-refractivity contribution in [3.05, 3.63) is 35.8 Å². The second-order valence-corrected chi connectivity index (χ2v) is 3.59. The topological polar surface area (TPSA) is 47.8 Å². The SMILES string of the molecule is Cn1cc(-c2ccc(C(=O)Cl)cc2F)nn1. The second-order valence-electron chi connectivity index (χ2n) is 3.25. The molecule has 0 N–H and O–H groups in total. The summed E-state index contributed by atoms with van der Waals surface area (Å²) in [5, 5.41) is 6.78. The van der Waals surface area contributed by atoms with E-state index in [0.717, 1.165) is 6.07 Å². The molecule has 6 heteroatoms. The summed E-state index contributed by atoms with van der Waals surface area (Å²) in [6.07, 6.45) is 1.58. The third-order valence-corrected chi connectivity index (χ3v) is 2.29. The van der Waals surface area contributed by atoms with E-state index < -0.39 is 11.1 Å². The predicted octanol–water partition coefficient (Wildman–Crippen LogP) is 2.00. The third-order valence-electron chi connectivity index (χ3n) is 2.07. The molecule has 0 atom stereocenters. The fraction of sp³-hybridized carbons (Fsp3) is 0.100. The summed E-state index contributed by atoms with van der Waals surface area (Å²) in [5.41, 5.74) is 0.815. The lowest BCUT2D eigenvalue weighted by Crippen LogP contribution is -1.92. The quantitative estimate of drug-likeness (QED) is 0.753. The highest BCUT2D eigenvalue weighted by molar-refractivity contribution is 6.67. The van der Waals surface area contributed by atoms with Gasteiger partial charge in [-0.3, -0.25) is 9.48 Å². The molecule has 2 rings (SSSR count). The Hall–Kier alpha value is -1.75. The zero-order valence-corrected chi connectivity index (χ0v) is 9.07. The van der Waals surface area contributed by atoms with Gasteiger partial charge >= 0.3 is 0 Å². The Bertz CT molecular complexity index is 553. The van der Waals surface area contributed by atoms with Gasteiger partial charge in [-0.05, 0) is 29.8 Å². The van der Waals surface area contributed by atoms with Crippen LogP contribution in [0.1, 0.15) is 10.4 Å². The van der Waals surface area contributed by atoms with Crippen LogP contribution in [-0.4, -0.2) is 20.2 Å². The van der Waals surface area contributed by atoms with E-state index in [4.69, 9.17) is 11.6 Å². The van der Waals surface area contributed by atoms with Crippen molar-refractivity contribution < 1.29 is 9.18 Å². The largest absolute Gasteiger partial charge is 0.276 e. The van der Waals surface area contributed by atoms with E-state index in [2.05, 4.69) is 10.3 Å². The normalized spacial score (nSPS) is 10.4. The predicted molar refractivity (Wildman–Crippen MR) is 56.6 cm³/mol. The van der Waals surface area contributed by atoms with Crippen LogP contribution in [-0.2, 0) is 7.05 Å². The van der Waals surface area contributed by atoms with Crippen LogP contribution in [0.4, 0.5) is 4.39 Å². The van der Waals surface area contributed by atoms with E-state index in [1.807, 2.05) is 0 Å². The number of halogens is 2. The number of carbonyl (C=O) groups excluding carboxylic acids is 1. The molecule has 0 aliphatic heterocycles. The number of hydrogen-bond donors (Lipinski definition) is 0. The van der Waals surface area contributed by atoms with Crippen molar-refractivity contribution in [1.82, 2.24) is 15.0 Å². The molecule has 1 heterocycles. The molecule has 0 saturated heterocycles. The fourth-order valence-electron chi connectivity index (χ4n) is 1.32. The summed E-state index contributed by atoms with van der Waals surface area (Å²) in [4.78, 5) is 10.8. The summed E-state index contributed by atoms with van der Waals surface area (Å²) in [6.45, 7) is 0. The van der Waals surface area contributed by atoms with Crippen LogP contribution in [0.2, 0.25) is 0 Å². The lowest BCUT2D eigenvalue weighted by atomic mass is 10.1. The molecule has 4 nitrogen and oxygen atoms in total. The Labute approximate surface area is 95.6 Å². The van der Waals surface area contributed by atoms with Crippen LogP contribution in [0.15, 0.2) is 24.4 Å². The number of carbonyl (C=O) groups is 1. The molecule has 0 aliphatic rings. The average molecular weight is 240 g/mol. The second kappa shape index (κ2) is 4.02. The summed E-state index contributed by atoms with van der Waals surface area (Å²) in [7, 11) is 1.69. The molecule has 0 aliphatic carbocycles. The maximum absolute atomic E-state index is 13.6. The van der Waals surface area contributed by atoms with Gasteiger partial charge < -0.3 is 0 Å². The average Bonchev–Trinajstić information content (AvgIpc) is 2.64. The first-order valence-corrected chi connectivity index (χ1v) is 4.82. The van der Waals surface area contributed by atoms with Crippen LogP contribution in [0, 0.1) is 5.82 Å². The Morgan fingerprint density at radius 3 is 2.75 bits per heavy atom. The molecule has 0 fully saturated rings. The van der Waals surface area contributed by atoms with Crippen molar-refractivity contribution in [1.29, 1.82) is 0 Å². The number of nitrogens with zero attached hydrogens (tertiary/aromatic N) is 3. The van der Waals surface area contributed by atoms with Gasteiger partial charge in [-0.1, -0.05) is 5.21 Å². The Kier molecular flexibility index (Phi) is 2.70. The van der Waals surface area contributed by atoms with Gasteiger partial charge in [0.05, 0.1) is 6.20 Å². The number of aromatic nitrogens is 3. The zero-order chi connectivity index (χ0) is 11.7. The van der Waals surface area contributed by atoms with Crippen LogP contribution in [0.25, 0.3) is 11.3 Å². The Balaban J connectivity index is 2.47. The van der Waals surface area contributed by atoms with Crippen molar-refractivity contribution in [3.63, 3.8) is 0 Å². The van der Waals surface area contributed by atoms with Gasteiger partial charge in [0.25, 0.3) is 5.24 Å². The molecular weight excluding hydrogens is 233 g/mol. The molecule has 16 heavy (non-hydrogen) atoms. The molecule has 0 spiro atoms. The minimum absolute atomic E-state index is 0.117. The summed E-state index contributed by atoms with van der Waals surface area (Å²) in [5.74, 6) is -0.549. The molecule has 82 valence electrons. The molecule has 0 amide bonds. The highest BCUT2D eigenvalue weighted by atomic mass is 35.5. The zero-order valence-electron chi connectivity index (χ0n) is 8.32. The first-order valence-electron chi connectivity index (χ1n) is 4.44. The van der Waals surface area contributed by atoms with Crippen molar-refractivity contribution in [3.8, 4) is 11.3 Å². The number of hydrogen-bond acceptors (Lipinski definition) is 3. The molecular formula is C10H7ClFN3O. The van der Waals surface area contributed by atoms with Crippen LogP contribution < -0.4 is 0 Å². The molecule has 0 radical (unpaired) electrons. The van der Waals surface area contributed by atoms with Gasteiger partial charge in [0.2, 0.25) is 0 Å². The Morgan fingerprint density at radius 1 is 1.50 bits per heavy atom. The third kappa shape index (κ3) is 1.94. The lowest BCUT2D eigenvalue weighted by Gasteiger charge is -1.99. The van der Waals surface area contributed by atoms with Gasteiger partial charge in [-0.2, -0.15) is 0 Å². The van der Waals surface area contributed by atoms with Crippen molar-refractivity contribution >= 4 is 16.8 Å². The fourth-order valence-corrected chi connectivity index (χ4v) is 1.43. The van der Waals surface area contributed by atoms with Gasteiger partial charge in [0, 0.05) is 18.2 Å². The minimum atomic E-state index is -0.690. The van der Waals surface area contributed by atoms with Gasteiger partial charge in [-0.25, -0.2) is 4.39 Å². The number of aryl methyl sites for hydroxylation is 1. The highest BCUT2D eigenvalue weighted by Gasteiger charge is 2.11. The van der Waals surface area contributed by atoms with Crippen LogP contribution in [0.5, 0.6) is 0 Å². The van der Waals surface area contributed by atoms with Gasteiger partial charge in [0.15, 0.2) is 0 Å². The Morgan fingerprint density at radius 2 is 2.25 bits per heavy atom. The van der Waals surface area contributed by atoms with E-state index >= 15 is 0 Å². The van der Waals surface area contributed by atoms with Crippen LogP contribution >= 0.6 is 11.6 Å². The highest BCUT2D eigenvalue weighted by Crippen LogP contribution is 2.21. The molecule has 1 aromatic heterocycles. The molecule has 0 bridgehead atoms. The monoisotopic (exact) mass is 239 g/mol. The van der Waals surface area contributed by atoms with E-state index in [-0.39, 0.29) is 11.1 Å². The van der Waals surface area contributed by atoms with Gasteiger partial charge in [-0.15, -0.1) is 5.10 Å². The van der Waals surface area contributed by atoms with E-state index in [1.54, 1.807) is 13.2 Å². The number of rotatable bonds is 2.